The minimum absolute atomic E-state index is 0.0879. The maximum atomic E-state index is 13.6. The Morgan fingerprint density at radius 2 is 1.78 bits per heavy atom. The fourth-order valence-electron chi connectivity index (χ4n) is 3.59. The number of hydrogen-bond acceptors (Lipinski definition) is 8. The Balaban J connectivity index is 1.58. The van der Waals surface area contributed by atoms with E-state index in [-0.39, 0.29) is 22.9 Å². The molecule has 12 heteroatoms. The van der Waals surface area contributed by atoms with Gasteiger partial charge in [-0.3, -0.25) is 9.10 Å². The first-order valence-corrected chi connectivity index (χ1v) is 12.5. The number of ether oxygens (including phenoxy) is 4. The lowest BCUT2D eigenvalue weighted by Crippen LogP contribution is -2.39. The minimum atomic E-state index is -4.27. The van der Waals surface area contributed by atoms with Crippen LogP contribution in [0.4, 0.5) is 10.1 Å². The third-order valence-corrected chi connectivity index (χ3v) is 7.10. The molecule has 0 fully saturated rings. The van der Waals surface area contributed by atoms with Gasteiger partial charge >= 0.3 is 0 Å². The normalized spacial score (nSPS) is 12.7. The lowest BCUT2D eigenvalue weighted by Gasteiger charge is -2.25. The van der Waals surface area contributed by atoms with Crippen LogP contribution in [-0.4, -0.2) is 54.5 Å². The second-order valence-corrected chi connectivity index (χ2v) is 9.53. The highest BCUT2D eigenvalue weighted by Gasteiger charge is 2.29. The molecule has 1 N–H and O–H groups in total. The van der Waals surface area contributed by atoms with Crippen LogP contribution in [0.2, 0.25) is 0 Å². The summed E-state index contributed by atoms with van der Waals surface area (Å²) < 4.78 is 63.1. The average molecular weight is 530 g/mol. The van der Waals surface area contributed by atoms with Crippen molar-refractivity contribution in [3.05, 3.63) is 72.0 Å². The third kappa shape index (κ3) is 5.75. The van der Waals surface area contributed by atoms with Gasteiger partial charge in [0, 0.05) is 11.6 Å². The van der Waals surface area contributed by atoms with Gasteiger partial charge in [-0.05, 0) is 48.5 Å². The van der Waals surface area contributed by atoms with E-state index >= 15 is 0 Å². The summed E-state index contributed by atoms with van der Waals surface area (Å²) in [5.74, 6) is 0.291. The number of benzene rings is 3. The molecule has 0 saturated carbocycles. The molecule has 10 nitrogen and oxygen atoms in total. The van der Waals surface area contributed by atoms with Gasteiger partial charge in [0.25, 0.3) is 15.9 Å². The number of rotatable bonds is 9. The molecule has 194 valence electrons. The number of carbonyl (C=O) groups is 1. The Labute approximate surface area is 213 Å². The maximum Gasteiger partial charge on any atom is 0.264 e. The lowest BCUT2D eigenvalue weighted by molar-refractivity contribution is -0.119. The van der Waals surface area contributed by atoms with Crippen LogP contribution in [0.15, 0.2) is 70.7 Å². The molecule has 0 aromatic heterocycles. The fourth-order valence-corrected chi connectivity index (χ4v) is 5.02. The van der Waals surface area contributed by atoms with Crippen LogP contribution in [0.5, 0.6) is 23.0 Å². The summed E-state index contributed by atoms with van der Waals surface area (Å²) in [6.45, 7) is -0.00518. The summed E-state index contributed by atoms with van der Waals surface area (Å²) in [6, 6.07) is 14.0. The molecule has 3 aromatic carbocycles. The number of nitrogens with one attached hydrogen (secondary N) is 1. The van der Waals surface area contributed by atoms with Crippen molar-refractivity contribution in [3.63, 3.8) is 0 Å². The number of para-hydroxylation sites is 1. The molecule has 0 unspecified atom stereocenters. The van der Waals surface area contributed by atoms with Crippen LogP contribution in [0.1, 0.15) is 5.56 Å². The molecule has 1 aliphatic heterocycles. The zero-order valence-corrected chi connectivity index (χ0v) is 20.8. The third-order valence-electron chi connectivity index (χ3n) is 5.33. The molecule has 0 aliphatic carbocycles. The van der Waals surface area contributed by atoms with Crippen LogP contribution in [0.25, 0.3) is 0 Å². The topological polar surface area (TPSA) is 116 Å². The molecule has 1 aliphatic rings. The van der Waals surface area contributed by atoms with E-state index in [1.165, 1.54) is 50.8 Å². The number of halogens is 1. The molecule has 1 amide bonds. The predicted molar refractivity (Wildman–Crippen MR) is 134 cm³/mol. The minimum Gasteiger partial charge on any atom is -0.493 e. The zero-order chi connectivity index (χ0) is 26.4. The van der Waals surface area contributed by atoms with E-state index in [1.54, 1.807) is 18.2 Å². The summed E-state index contributed by atoms with van der Waals surface area (Å²) in [7, 11) is -1.30. The second kappa shape index (κ2) is 11.2. The van der Waals surface area contributed by atoms with E-state index in [9.17, 15) is 17.6 Å². The van der Waals surface area contributed by atoms with Crippen molar-refractivity contribution < 1.29 is 36.6 Å². The number of sulfonamides is 1. The van der Waals surface area contributed by atoms with Gasteiger partial charge in [-0.25, -0.2) is 18.2 Å². The summed E-state index contributed by atoms with van der Waals surface area (Å²) in [4.78, 5) is 12.6. The molecule has 0 atom stereocenters. The first-order valence-electron chi connectivity index (χ1n) is 11.0. The van der Waals surface area contributed by atoms with Gasteiger partial charge in [0.15, 0.2) is 23.0 Å². The first-order chi connectivity index (χ1) is 17.8. The molecule has 0 saturated heterocycles. The number of nitrogens with zero attached hydrogens (tertiary/aromatic N) is 2. The maximum absolute atomic E-state index is 13.6. The van der Waals surface area contributed by atoms with Crippen molar-refractivity contribution in [2.75, 3.05) is 38.3 Å². The highest BCUT2D eigenvalue weighted by molar-refractivity contribution is 7.92. The summed E-state index contributed by atoms with van der Waals surface area (Å²) in [6.07, 6.45) is 1.34. The van der Waals surface area contributed by atoms with E-state index in [2.05, 4.69) is 10.5 Å². The number of hydrogen-bond donors (Lipinski definition) is 1. The molecule has 0 spiro atoms. The van der Waals surface area contributed by atoms with Gasteiger partial charge in [0.1, 0.15) is 25.6 Å². The fraction of sp³-hybridized carbons (Fsp3) is 0.200. The smallest absolute Gasteiger partial charge is 0.264 e. The highest BCUT2D eigenvalue weighted by atomic mass is 32.2. The molecule has 3 aromatic rings. The SMILES string of the molecule is COc1cccc(/C=N\NC(=O)CN(c2ccc(F)cc2)S(=O)(=O)c2ccc3c(c2)OCCO3)c1OC. The van der Waals surface area contributed by atoms with Crippen LogP contribution in [0, 0.1) is 5.82 Å². The van der Waals surface area contributed by atoms with Crippen molar-refractivity contribution in [2.45, 2.75) is 4.90 Å². The Bertz CT molecular complexity index is 1410. The van der Waals surface area contributed by atoms with E-state index in [0.29, 0.717) is 29.4 Å². The van der Waals surface area contributed by atoms with Crippen LogP contribution < -0.4 is 28.7 Å². The van der Waals surface area contributed by atoms with E-state index < -0.39 is 28.3 Å². The summed E-state index contributed by atoms with van der Waals surface area (Å²) >= 11 is 0. The number of anilines is 1. The molecular formula is C25H24FN3O7S. The largest absolute Gasteiger partial charge is 0.493 e. The van der Waals surface area contributed by atoms with Crippen molar-refractivity contribution >= 4 is 27.8 Å². The van der Waals surface area contributed by atoms with Crippen LogP contribution in [-0.2, 0) is 14.8 Å². The van der Waals surface area contributed by atoms with Gasteiger partial charge in [-0.15, -0.1) is 0 Å². The number of amides is 1. The first kappa shape index (κ1) is 25.8. The summed E-state index contributed by atoms with van der Waals surface area (Å²) in [5, 5.41) is 3.92. The van der Waals surface area contributed by atoms with Gasteiger partial charge < -0.3 is 18.9 Å². The van der Waals surface area contributed by atoms with Gasteiger partial charge in [-0.1, -0.05) is 6.07 Å². The van der Waals surface area contributed by atoms with Gasteiger partial charge in [0.05, 0.1) is 31.0 Å². The molecule has 0 bridgehead atoms. The summed E-state index contributed by atoms with van der Waals surface area (Å²) in [5.41, 5.74) is 2.93. The quantitative estimate of drug-likeness (QED) is 0.335. The predicted octanol–water partition coefficient (Wildman–Crippen LogP) is 2.96. The van der Waals surface area contributed by atoms with Crippen LogP contribution >= 0.6 is 0 Å². The number of methoxy groups -OCH3 is 2. The Morgan fingerprint density at radius 1 is 1.05 bits per heavy atom. The second-order valence-electron chi connectivity index (χ2n) is 7.67. The Hall–Kier alpha value is -4.32. The zero-order valence-electron chi connectivity index (χ0n) is 20.0. The lowest BCUT2D eigenvalue weighted by atomic mass is 10.2. The van der Waals surface area contributed by atoms with Crippen molar-refractivity contribution in [3.8, 4) is 23.0 Å². The number of carbonyl (C=O) groups excluding carboxylic acids is 1. The van der Waals surface area contributed by atoms with E-state index in [4.69, 9.17) is 18.9 Å². The van der Waals surface area contributed by atoms with Gasteiger partial charge in [-0.2, -0.15) is 5.10 Å². The molecule has 1 heterocycles. The van der Waals surface area contributed by atoms with Crippen LogP contribution in [0.3, 0.4) is 0 Å². The number of fused-ring (bicyclic) bond motifs is 1. The van der Waals surface area contributed by atoms with E-state index in [1.807, 2.05) is 0 Å². The molecule has 0 radical (unpaired) electrons. The molecule has 37 heavy (non-hydrogen) atoms. The average Bonchev–Trinajstić information content (AvgIpc) is 2.91. The number of hydrazone groups is 1. The molecular weight excluding hydrogens is 505 g/mol. The standard InChI is InChI=1S/C25H24FN3O7S/c1-33-22-5-3-4-17(25(22)34-2)15-27-28-24(30)16-29(19-8-6-18(26)7-9-19)37(31,32)20-10-11-21-23(14-20)36-13-12-35-21/h3-11,14-15H,12-13,16H2,1-2H3,(H,28,30)/b27-15-. The Morgan fingerprint density at radius 3 is 2.49 bits per heavy atom. The van der Waals surface area contributed by atoms with Crippen molar-refractivity contribution in [1.29, 1.82) is 0 Å². The van der Waals surface area contributed by atoms with Crippen molar-refractivity contribution in [1.82, 2.24) is 5.43 Å². The van der Waals surface area contributed by atoms with Crippen molar-refractivity contribution in [2.24, 2.45) is 5.10 Å². The van der Waals surface area contributed by atoms with E-state index in [0.717, 1.165) is 16.4 Å². The van der Waals surface area contributed by atoms with Gasteiger partial charge in [0.2, 0.25) is 0 Å². The Kier molecular flexibility index (Phi) is 7.77. The highest BCUT2D eigenvalue weighted by Crippen LogP contribution is 2.34. The molecule has 4 rings (SSSR count). The monoisotopic (exact) mass is 529 g/mol.